The molecule has 0 spiro atoms. The number of hydrogen-bond acceptors (Lipinski definition) is 17. The predicted octanol–water partition coefficient (Wildman–Crippen LogP) is 1.63. The third-order valence-corrected chi connectivity index (χ3v) is 12.1. The number of carboxylic acids is 1. The number of likely N-dealkylation sites (N-methyl/N-ethyl adjacent to an activating group) is 3. The Bertz CT molecular complexity index is 2150. The summed E-state index contributed by atoms with van der Waals surface area (Å²) in [7, 11) is 8.17. The Morgan fingerprint density at radius 1 is 0.588 bits per heavy atom. The maximum Gasteiger partial charge on any atom is 0.346 e. The number of fused-ring (bicyclic) bond motifs is 3. The van der Waals surface area contributed by atoms with Crippen LogP contribution in [0.4, 0.5) is 17.1 Å². The average Bonchev–Trinajstić information content (AvgIpc) is 3.33. The van der Waals surface area contributed by atoms with E-state index in [1.165, 1.54) is 14.2 Å². The van der Waals surface area contributed by atoms with Crippen LogP contribution in [0.5, 0.6) is 17.2 Å². The van der Waals surface area contributed by atoms with Crippen molar-refractivity contribution in [2.75, 3.05) is 96.1 Å². The van der Waals surface area contributed by atoms with Gasteiger partial charge in [0.25, 0.3) is 5.91 Å². The topological polar surface area (TPSA) is 229 Å². The lowest BCUT2D eigenvalue weighted by molar-refractivity contribution is -0.144. The quantitative estimate of drug-likeness (QED) is 0.113. The maximum absolute atomic E-state index is 12.6. The van der Waals surface area contributed by atoms with Crippen molar-refractivity contribution in [3.8, 4) is 17.2 Å². The molecular weight excluding hydrogens is 1020 g/mol. The fourth-order valence-corrected chi connectivity index (χ4v) is 8.25. The summed E-state index contributed by atoms with van der Waals surface area (Å²) in [6.07, 6.45) is 2.92. The molecule has 5 aliphatic heterocycles. The van der Waals surface area contributed by atoms with Gasteiger partial charge in [-0.3, -0.25) is 19.6 Å². The smallest absolute Gasteiger partial charge is 0.346 e. The Labute approximate surface area is 418 Å². The van der Waals surface area contributed by atoms with E-state index in [1.807, 2.05) is 23.9 Å². The molecule has 3 atom stereocenters. The van der Waals surface area contributed by atoms with E-state index in [0.717, 1.165) is 63.5 Å². The number of methoxy groups -OCH3 is 2. The number of ether oxygens (including phenoxy) is 7. The van der Waals surface area contributed by atoms with Crippen molar-refractivity contribution in [1.82, 2.24) is 5.48 Å². The van der Waals surface area contributed by atoms with Crippen molar-refractivity contribution in [3.63, 3.8) is 0 Å². The predicted molar refractivity (Wildman–Crippen MR) is 246 cm³/mol. The summed E-state index contributed by atoms with van der Waals surface area (Å²) >= 11 is 0. The molecule has 21 heteroatoms. The van der Waals surface area contributed by atoms with Crippen LogP contribution in [-0.4, -0.2) is 145 Å². The monoisotopic (exact) mass is 1080 g/mol. The summed E-state index contributed by atoms with van der Waals surface area (Å²) < 4.78 is 37.1. The van der Waals surface area contributed by atoms with E-state index < -0.39 is 36.2 Å². The van der Waals surface area contributed by atoms with Crippen molar-refractivity contribution < 1.29 is 96.2 Å². The van der Waals surface area contributed by atoms with Crippen LogP contribution in [0.1, 0.15) is 69.6 Å². The summed E-state index contributed by atoms with van der Waals surface area (Å²) in [6, 6.07) is 14.7. The SMILES string of the molecule is CN1CC(C(=O)CC2CCOCC2)Oc2ccc(C(=O)NO)cc21.COC(=O)c1ccc2c(c1)N(C)CC(C(=O)CC1CCOCC1)O2.COC(=O)c1ccc2c(c1)N(C)CC(C(=O)O)O2.Cl.[I-]. The fourth-order valence-electron chi connectivity index (χ4n) is 8.25. The van der Waals surface area contributed by atoms with E-state index in [9.17, 15) is 28.8 Å². The van der Waals surface area contributed by atoms with E-state index in [1.54, 1.807) is 72.0 Å². The van der Waals surface area contributed by atoms with E-state index in [0.29, 0.717) is 77.4 Å². The molecule has 0 bridgehead atoms. The normalized spacial score (nSPS) is 19.4. The summed E-state index contributed by atoms with van der Waals surface area (Å²) in [4.78, 5) is 76.2. The zero-order valence-electron chi connectivity index (χ0n) is 38.6. The van der Waals surface area contributed by atoms with Gasteiger partial charge in [0.2, 0.25) is 6.10 Å². The molecular formula is C47H59ClIN4O15-. The first-order chi connectivity index (χ1) is 31.7. The van der Waals surface area contributed by atoms with Crippen LogP contribution in [0.25, 0.3) is 0 Å². The Kier molecular flexibility index (Phi) is 20.9. The van der Waals surface area contributed by atoms with E-state index in [4.69, 9.17) is 38.7 Å². The summed E-state index contributed by atoms with van der Waals surface area (Å²) in [5.74, 6) is 0.242. The molecule has 0 aliphatic carbocycles. The highest BCUT2D eigenvalue weighted by Crippen LogP contribution is 2.37. The second kappa shape index (κ2) is 25.8. The molecule has 0 aromatic heterocycles. The minimum Gasteiger partial charge on any atom is -1.00 e. The zero-order chi connectivity index (χ0) is 47.5. The summed E-state index contributed by atoms with van der Waals surface area (Å²) in [6.45, 7) is 4.08. The number of aliphatic carboxylic acids is 1. The second-order valence-electron chi connectivity index (χ2n) is 16.7. The number of carbonyl (C=O) groups excluding carboxylic acids is 5. The first kappa shape index (κ1) is 55.2. The lowest BCUT2D eigenvalue weighted by Gasteiger charge is -2.34. The van der Waals surface area contributed by atoms with Gasteiger partial charge in [-0.25, -0.2) is 19.9 Å². The molecule has 3 aromatic carbocycles. The van der Waals surface area contributed by atoms with Gasteiger partial charge in [-0.1, -0.05) is 0 Å². The number of anilines is 3. The average molecular weight is 1080 g/mol. The Balaban J connectivity index is 0.000000222. The Morgan fingerprint density at radius 2 is 0.926 bits per heavy atom. The van der Waals surface area contributed by atoms with Gasteiger partial charge in [0.05, 0.1) is 62.0 Å². The highest BCUT2D eigenvalue weighted by Gasteiger charge is 2.34. The molecule has 3 aromatic rings. The van der Waals surface area contributed by atoms with Crippen LogP contribution >= 0.6 is 12.4 Å². The molecule has 68 heavy (non-hydrogen) atoms. The molecule has 2 fully saturated rings. The number of Topliss-reactive ketones (excluding diaryl/α,β-unsaturated/α-hetero) is 2. The number of carboxylic acid groups (broad SMARTS) is 1. The van der Waals surface area contributed by atoms with Crippen molar-refractivity contribution in [3.05, 3.63) is 71.3 Å². The molecule has 3 N–H and O–H groups in total. The lowest BCUT2D eigenvalue weighted by atomic mass is 9.92. The number of hydrogen-bond donors (Lipinski definition) is 3. The van der Waals surface area contributed by atoms with Gasteiger partial charge in [0.1, 0.15) is 17.2 Å². The first-order valence-corrected chi connectivity index (χ1v) is 21.8. The molecule has 19 nitrogen and oxygen atoms in total. The number of rotatable bonds is 10. The van der Waals surface area contributed by atoms with Crippen LogP contribution < -0.4 is 58.4 Å². The molecule has 5 aliphatic rings. The lowest BCUT2D eigenvalue weighted by Crippen LogP contribution is -3.00. The van der Waals surface area contributed by atoms with Crippen LogP contribution in [-0.2, 0) is 33.3 Å². The summed E-state index contributed by atoms with van der Waals surface area (Å²) in [5, 5.41) is 17.7. The molecule has 8 rings (SSSR count). The van der Waals surface area contributed by atoms with Gasteiger partial charge >= 0.3 is 17.9 Å². The molecule has 1 amide bonds. The molecule has 5 heterocycles. The number of hydroxylamine groups is 1. The molecule has 2 saturated heterocycles. The maximum atomic E-state index is 12.6. The summed E-state index contributed by atoms with van der Waals surface area (Å²) in [5.41, 5.74) is 5.02. The Morgan fingerprint density at radius 3 is 1.28 bits per heavy atom. The van der Waals surface area contributed by atoms with E-state index in [-0.39, 0.29) is 60.5 Å². The largest absolute Gasteiger partial charge is 1.00 e. The van der Waals surface area contributed by atoms with Crippen molar-refractivity contribution in [1.29, 1.82) is 0 Å². The van der Waals surface area contributed by atoms with Gasteiger partial charge in [-0.15, -0.1) is 12.4 Å². The van der Waals surface area contributed by atoms with Crippen LogP contribution in [0.15, 0.2) is 54.6 Å². The van der Waals surface area contributed by atoms with Crippen molar-refractivity contribution in [2.24, 2.45) is 11.8 Å². The molecule has 372 valence electrons. The van der Waals surface area contributed by atoms with E-state index in [2.05, 4.69) is 4.74 Å². The third-order valence-electron chi connectivity index (χ3n) is 12.1. The van der Waals surface area contributed by atoms with Gasteiger partial charge < -0.3 is 76.9 Å². The molecule has 3 unspecified atom stereocenters. The van der Waals surface area contributed by atoms with Crippen molar-refractivity contribution in [2.45, 2.75) is 56.8 Å². The number of nitrogens with one attached hydrogen (secondary N) is 1. The van der Waals surface area contributed by atoms with Gasteiger partial charge in [-0.2, -0.15) is 0 Å². The minimum atomic E-state index is -1.01. The van der Waals surface area contributed by atoms with Crippen LogP contribution in [0, 0.1) is 11.8 Å². The Hall–Kier alpha value is -5.42. The number of benzene rings is 3. The number of carbonyl (C=O) groups is 6. The molecule has 0 radical (unpaired) electrons. The number of esters is 2. The minimum absolute atomic E-state index is 0. The first-order valence-electron chi connectivity index (χ1n) is 21.8. The van der Waals surface area contributed by atoms with Crippen molar-refractivity contribution >= 4 is 64.9 Å². The standard InChI is InChI=1S/C18H23NO5.C17H22N2O5.C12H13NO5.ClH.HI/c1-19-11-17(15(20)9-12-5-7-23-8-6-12)24-16-4-3-13(10-14(16)19)18(21)22-2;1-19-10-16(14(20)8-11-4-6-23-7-5-11)24-15-3-2-12(9-13(15)19)17(21)18-22;1-13-6-10(11(14)15)18-9-4-3-7(5-8(9)13)12(16)17-2;;/h3-4,10,12,17H,5-9,11H2,1-2H3;2-3,9,11,16,22H,4-8,10H2,1H3,(H,18,21);3-5,10H,6H2,1-2H3,(H,14,15);2*1H/p-1. The third kappa shape index (κ3) is 14.1. The number of ketones is 2. The zero-order valence-corrected chi connectivity index (χ0v) is 41.6. The van der Waals surface area contributed by atoms with Crippen LogP contribution in [0.2, 0.25) is 0 Å². The van der Waals surface area contributed by atoms with Gasteiger partial charge in [0.15, 0.2) is 23.8 Å². The fraction of sp³-hybridized carbons (Fsp3) is 0.489. The van der Waals surface area contributed by atoms with E-state index >= 15 is 0 Å². The molecule has 0 saturated carbocycles. The number of nitrogens with zero attached hydrogens (tertiary/aromatic N) is 3. The van der Waals surface area contributed by atoms with Crippen LogP contribution in [0.3, 0.4) is 0 Å². The highest BCUT2D eigenvalue weighted by atomic mass is 127. The van der Waals surface area contributed by atoms with Gasteiger partial charge in [-0.05, 0) is 92.1 Å². The van der Waals surface area contributed by atoms with Gasteiger partial charge in [0, 0.05) is 66.0 Å². The second-order valence-corrected chi connectivity index (χ2v) is 16.7. The number of halogens is 2. The highest BCUT2D eigenvalue weighted by molar-refractivity contribution is 5.95. The number of amides is 1.